The molecule has 2 heteroatoms. The zero-order valence-corrected chi connectivity index (χ0v) is 32.6. The number of allylic oxidation sites excluding steroid dienone is 2. The molecule has 0 saturated heterocycles. The minimum Gasteiger partial charge on any atom is -0.0817 e. The summed E-state index contributed by atoms with van der Waals surface area (Å²) in [5, 5.41) is 3.25. The highest BCUT2D eigenvalue weighted by Gasteiger charge is 2.35. The fourth-order valence-corrected chi connectivity index (χ4v) is 10.3. The summed E-state index contributed by atoms with van der Waals surface area (Å²) in [6, 6.07) is 10.2. The molecule has 234 valence electrons. The van der Waals surface area contributed by atoms with E-state index in [2.05, 4.69) is 161 Å². The van der Waals surface area contributed by atoms with Crippen LogP contribution in [0, 0.1) is 0 Å². The zero-order chi connectivity index (χ0) is 32.4. The van der Waals surface area contributed by atoms with E-state index in [4.69, 9.17) is 0 Å². The van der Waals surface area contributed by atoms with Crippen molar-refractivity contribution in [2.45, 2.75) is 168 Å². The van der Waals surface area contributed by atoms with Crippen molar-refractivity contribution in [3.63, 3.8) is 0 Å². The molecule has 0 aliphatic heterocycles. The molecular weight excluding hydrogens is 542 g/mol. The summed E-state index contributed by atoms with van der Waals surface area (Å²) in [6.07, 6.45) is 5.06. The number of hydrogen-bond donors (Lipinski definition) is 0. The van der Waals surface area contributed by atoms with Gasteiger partial charge in [-0.15, -0.1) is 0 Å². The standard InChI is InChI=1S/C40H64P2/c1-35(2,3)25-21-27(37(7,8)9)33(28(22-25)38(10,11)12)41-31-19-20-32(31)42-34-29(39(13,14)15)23-26(36(4,5)6)24-30(34)40(16,17)18/h19-24,31-32,41-42H,1-18H3. The van der Waals surface area contributed by atoms with Gasteiger partial charge in [0.2, 0.25) is 0 Å². The molecule has 0 fully saturated rings. The molecule has 0 spiro atoms. The molecule has 0 amide bonds. The normalized spacial score (nSPS) is 19.4. The SMILES string of the molecule is CC(C)(C)c1cc(C(C)(C)C)c(PC2C=CC2Pc2c(C(C)(C)C)cc(C(C)(C)C)cc2C(C)(C)C)c(C(C)(C)C)c1. The van der Waals surface area contributed by atoms with E-state index in [1.54, 1.807) is 32.9 Å². The maximum absolute atomic E-state index is 2.55. The van der Waals surface area contributed by atoms with Gasteiger partial charge in [0.05, 0.1) is 0 Å². The van der Waals surface area contributed by atoms with Gasteiger partial charge in [-0.2, -0.15) is 0 Å². The lowest BCUT2D eigenvalue weighted by atomic mass is 9.75. The van der Waals surface area contributed by atoms with Gasteiger partial charge in [0, 0.05) is 11.3 Å². The molecule has 0 heterocycles. The van der Waals surface area contributed by atoms with Crippen molar-refractivity contribution in [1.29, 1.82) is 0 Å². The largest absolute Gasteiger partial charge is 0.0817 e. The quantitative estimate of drug-likeness (QED) is 0.240. The van der Waals surface area contributed by atoms with Crippen molar-refractivity contribution in [2.24, 2.45) is 0 Å². The number of hydrogen-bond acceptors (Lipinski definition) is 0. The summed E-state index contributed by atoms with van der Waals surface area (Å²) >= 11 is 0. The molecule has 0 aromatic heterocycles. The molecule has 0 saturated carbocycles. The Morgan fingerprint density at radius 1 is 0.357 bits per heavy atom. The summed E-state index contributed by atoms with van der Waals surface area (Å²) in [4.78, 5) is 0. The Kier molecular flexibility index (Phi) is 9.67. The Balaban J connectivity index is 2.15. The van der Waals surface area contributed by atoms with E-state index in [1.165, 1.54) is 11.1 Å². The van der Waals surface area contributed by atoms with E-state index in [-0.39, 0.29) is 32.5 Å². The monoisotopic (exact) mass is 606 g/mol. The lowest BCUT2D eigenvalue weighted by molar-refractivity contribution is 0.552. The van der Waals surface area contributed by atoms with Crippen molar-refractivity contribution < 1.29 is 0 Å². The van der Waals surface area contributed by atoms with Gasteiger partial charge in [-0.05, 0) is 76.5 Å². The van der Waals surface area contributed by atoms with Crippen LogP contribution in [0.25, 0.3) is 0 Å². The maximum Gasteiger partial charge on any atom is 0.00866 e. The Morgan fingerprint density at radius 2 is 0.571 bits per heavy atom. The van der Waals surface area contributed by atoms with Gasteiger partial charge in [0.15, 0.2) is 0 Å². The van der Waals surface area contributed by atoms with Crippen LogP contribution in [-0.2, 0) is 32.5 Å². The number of rotatable bonds is 4. The van der Waals surface area contributed by atoms with Gasteiger partial charge in [-0.3, -0.25) is 0 Å². The van der Waals surface area contributed by atoms with Crippen molar-refractivity contribution in [3.8, 4) is 0 Å². The molecule has 4 atom stereocenters. The maximum atomic E-state index is 2.55. The molecular formula is C40H64P2. The van der Waals surface area contributed by atoms with E-state index in [1.807, 2.05) is 0 Å². The third-order valence-electron chi connectivity index (χ3n) is 8.78. The first kappa shape index (κ1) is 35.5. The summed E-state index contributed by atoms with van der Waals surface area (Å²) in [5.41, 5.74) is 11.1. The Morgan fingerprint density at radius 3 is 0.714 bits per heavy atom. The molecule has 1 aliphatic rings. The molecule has 0 radical (unpaired) electrons. The zero-order valence-electron chi connectivity index (χ0n) is 30.6. The molecule has 3 rings (SSSR count). The fraction of sp³-hybridized carbons (Fsp3) is 0.650. The van der Waals surface area contributed by atoms with Crippen LogP contribution in [0.15, 0.2) is 36.4 Å². The van der Waals surface area contributed by atoms with E-state index in [0.29, 0.717) is 11.3 Å². The van der Waals surface area contributed by atoms with E-state index in [0.717, 1.165) is 17.2 Å². The molecule has 4 unspecified atom stereocenters. The second-order valence-corrected chi connectivity index (χ2v) is 22.0. The van der Waals surface area contributed by atoms with Gasteiger partial charge in [-0.1, -0.05) is 178 Å². The minimum atomic E-state index is 0.108. The van der Waals surface area contributed by atoms with Gasteiger partial charge < -0.3 is 0 Å². The summed E-state index contributed by atoms with van der Waals surface area (Å²) in [5.74, 6) is 0. The highest BCUT2D eigenvalue weighted by molar-refractivity contribution is 7.53. The van der Waals surface area contributed by atoms with E-state index in [9.17, 15) is 0 Å². The van der Waals surface area contributed by atoms with Crippen LogP contribution >= 0.6 is 17.2 Å². The molecule has 1 aliphatic carbocycles. The molecule has 2 aromatic rings. The lowest BCUT2D eigenvalue weighted by Gasteiger charge is -2.39. The lowest BCUT2D eigenvalue weighted by Crippen LogP contribution is -2.35. The fourth-order valence-electron chi connectivity index (χ4n) is 5.77. The molecule has 2 aromatic carbocycles. The van der Waals surface area contributed by atoms with Crippen molar-refractivity contribution in [1.82, 2.24) is 0 Å². The first-order valence-corrected chi connectivity index (χ1v) is 18.4. The van der Waals surface area contributed by atoms with Crippen molar-refractivity contribution in [2.75, 3.05) is 0 Å². The summed E-state index contributed by atoms with van der Waals surface area (Å²) in [7, 11) is 1.59. The van der Waals surface area contributed by atoms with E-state index >= 15 is 0 Å². The number of benzene rings is 2. The highest BCUT2D eigenvalue weighted by atomic mass is 31.1. The van der Waals surface area contributed by atoms with Crippen LogP contribution in [0.4, 0.5) is 0 Å². The predicted molar refractivity (Wildman–Crippen MR) is 198 cm³/mol. The molecule has 0 bridgehead atoms. The average molecular weight is 607 g/mol. The second kappa shape index (κ2) is 11.4. The predicted octanol–water partition coefficient (Wildman–Crippen LogP) is 11.1. The highest BCUT2D eigenvalue weighted by Crippen LogP contribution is 2.47. The van der Waals surface area contributed by atoms with Gasteiger partial charge in [-0.25, -0.2) is 0 Å². The first-order valence-electron chi connectivity index (χ1n) is 16.2. The van der Waals surface area contributed by atoms with Gasteiger partial charge in [0.1, 0.15) is 0 Å². The molecule has 42 heavy (non-hydrogen) atoms. The first-order chi connectivity index (χ1) is 18.6. The van der Waals surface area contributed by atoms with Crippen LogP contribution in [0.1, 0.15) is 158 Å². The third-order valence-corrected chi connectivity index (χ3v) is 12.5. The topological polar surface area (TPSA) is 0 Å². The van der Waals surface area contributed by atoms with Crippen LogP contribution in [0.3, 0.4) is 0 Å². The third kappa shape index (κ3) is 8.00. The summed E-state index contributed by atoms with van der Waals surface area (Å²) in [6.45, 7) is 43.1. The van der Waals surface area contributed by atoms with Crippen molar-refractivity contribution in [3.05, 3.63) is 69.8 Å². The van der Waals surface area contributed by atoms with Gasteiger partial charge in [0.25, 0.3) is 0 Å². The Bertz CT molecular complexity index is 1140. The minimum absolute atomic E-state index is 0.108. The second-order valence-electron chi connectivity index (χ2n) is 19.1. The molecule has 0 nitrogen and oxygen atoms in total. The van der Waals surface area contributed by atoms with Gasteiger partial charge >= 0.3 is 0 Å². The average Bonchev–Trinajstić information content (AvgIpc) is 2.75. The Labute approximate surface area is 265 Å². The van der Waals surface area contributed by atoms with Crippen molar-refractivity contribution >= 4 is 27.8 Å². The Hall–Kier alpha value is -0.960. The van der Waals surface area contributed by atoms with Crippen LogP contribution < -0.4 is 10.6 Å². The van der Waals surface area contributed by atoms with Crippen LogP contribution in [-0.4, -0.2) is 11.3 Å². The smallest absolute Gasteiger partial charge is 0.00866 e. The van der Waals surface area contributed by atoms with Crippen LogP contribution in [0.5, 0.6) is 0 Å². The van der Waals surface area contributed by atoms with Crippen LogP contribution in [0.2, 0.25) is 0 Å². The molecule has 0 N–H and O–H groups in total. The van der Waals surface area contributed by atoms with E-state index < -0.39 is 0 Å². The summed E-state index contributed by atoms with van der Waals surface area (Å²) < 4.78 is 0.